The SMILES string of the molecule is CCCCCCCCCCCCCCCCCCCCCCCC(=O)N[C@@H](CO[C@@H]1O[C@H](CO)[C@@H](O[C@@H]2O[C@H](CO)[C@H](O)C(O)C2O)C(O)C1O)[C@H](O)CCCCCCCCCCCCCCCCC. The molecule has 0 bridgehead atoms. The van der Waals surface area contributed by atoms with E-state index in [9.17, 15) is 45.6 Å². The molecule has 0 aromatic carbocycles. The van der Waals surface area contributed by atoms with E-state index in [0.29, 0.717) is 12.8 Å². The fourth-order valence-corrected chi connectivity index (χ4v) is 10.1. The van der Waals surface area contributed by atoms with Crippen molar-refractivity contribution in [2.75, 3.05) is 19.8 Å². The van der Waals surface area contributed by atoms with Crippen LogP contribution in [0, 0.1) is 0 Å². The third-order valence-electron chi connectivity index (χ3n) is 14.8. The van der Waals surface area contributed by atoms with E-state index in [-0.39, 0.29) is 12.5 Å². The fourth-order valence-electron chi connectivity index (χ4n) is 10.1. The first kappa shape index (κ1) is 65.1. The first-order chi connectivity index (χ1) is 34.1. The summed E-state index contributed by atoms with van der Waals surface area (Å²) in [6.45, 7) is 2.89. The maximum atomic E-state index is 13.3. The molecule has 14 nitrogen and oxygen atoms in total. The quantitative estimate of drug-likeness (QED) is 0.0259. The summed E-state index contributed by atoms with van der Waals surface area (Å²) in [5.74, 6) is -0.201. The van der Waals surface area contributed by atoms with Gasteiger partial charge in [-0.25, -0.2) is 0 Å². The summed E-state index contributed by atoms with van der Waals surface area (Å²) in [7, 11) is 0. The summed E-state index contributed by atoms with van der Waals surface area (Å²) in [5.41, 5.74) is 0. The molecule has 14 heteroatoms. The van der Waals surface area contributed by atoms with Crippen molar-refractivity contribution in [2.45, 2.75) is 331 Å². The van der Waals surface area contributed by atoms with Crippen molar-refractivity contribution in [1.29, 1.82) is 0 Å². The molecule has 0 aromatic heterocycles. The second-order valence-corrected chi connectivity index (χ2v) is 21.1. The molecule has 9 N–H and O–H groups in total. The molecule has 2 rings (SSSR count). The minimum absolute atomic E-state index is 0.201. The number of hydrogen-bond acceptors (Lipinski definition) is 13. The third-order valence-corrected chi connectivity index (χ3v) is 14.8. The predicted octanol–water partition coefficient (Wildman–Crippen LogP) is 9.34. The Morgan fingerprint density at radius 3 is 1.21 bits per heavy atom. The Morgan fingerprint density at radius 1 is 0.457 bits per heavy atom. The average Bonchev–Trinajstić information content (AvgIpc) is 3.36. The zero-order valence-electron chi connectivity index (χ0n) is 44.5. The largest absolute Gasteiger partial charge is 0.394 e. The van der Waals surface area contributed by atoms with Gasteiger partial charge in [-0.1, -0.05) is 239 Å². The van der Waals surface area contributed by atoms with Crippen LogP contribution < -0.4 is 5.32 Å². The molecule has 0 radical (unpaired) electrons. The van der Waals surface area contributed by atoms with Gasteiger partial charge < -0.3 is 65.1 Å². The van der Waals surface area contributed by atoms with Gasteiger partial charge in [0.2, 0.25) is 5.91 Å². The standard InChI is InChI=1S/C56H109NO13/c1-3-5-7-9-11-13-15-17-19-20-21-22-23-24-26-28-30-32-34-36-38-40-48(61)57-44(45(60)39-37-35-33-31-29-27-25-18-16-14-12-10-8-6-4-2)43-67-55-53(66)51(64)54(47(42-59)69-55)70-56-52(65)50(63)49(62)46(41-58)68-56/h44-47,49-56,58-60,62-66H,3-43H2,1-2H3,(H,57,61)/t44-,45+,46+,47+,49-,50?,51?,52?,53?,54+,55+,56-/m0/s1. The van der Waals surface area contributed by atoms with Crippen LogP contribution in [0.25, 0.3) is 0 Å². The molecule has 2 saturated heterocycles. The normalized spacial score (nSPS) is 25.9. The van der Waals surface area contributed by atoms with Gasteiger partial charge in [-0.3, -0.25) is 4.79 Å². The number of carbonyl (C=O) groups is 1. The Labute approximate surface area is 425 Å². The number of rotatable bonds is 47. The molecule has 416 valence electrons. The fraction of sp³-hybridized carbons (Fsp3) is 0.982. The van der Waals surface area contributed by atoms with Crippen LogP contribution in [-0.2, 0) is 23.7 Å². The van der Waals surface area contributed by atoms with Gasteiger partial charge in [-0.15, -0.1) is 0 Å². The van der Waals surface area contributed by atoms with Gasteiger partial charge >= 0.3 is 0 Å². The molecule has 2 heterocycles. The van der Waals surface area contributed by atoms with Gasteiger partial charge in [0.25, 0.3) is 0 Å². The van der Waals surface area contributed by atoms with E-state index >= 15 is 0 Å². The van der Waals surface area contributed by atoms with Crippen LogP contribution in [0.3, 0.4) is 0 Å². The lowest BCUT2D eigenvalue weighted by molar-refractivity contribution is -0.359. The van der Waals surface area contributed by atoms with E-state index in [4.69, 9.17) is 18.9 Å². The molecule has 12 atom stereocenters. The summed E-state index contributed by atoms with van der Waals surface area (Å²) in [5, 5.41) is 87.2. The number of aliphatic hydroxyl groups is 8. The van der Waals surface area contributed by atoms with E-state index in [1.807, 2.05) is 0 Å². The highest BCUT2D eigenvalue weighted by Gasteiger charge is 2.51. The van der Waals surface area contributed by atoms with Crippen molar-refractivity contribution in [3.05, 3.63) is 0 Å². The number of aliphatic hydroxyl groups excluding tert-OH is 8. The number of amides is 1. The molecule has 70 heavy (non-hydrogen) atoms. The van der Waals surface area contributed by atoms with Gasteiger partial charge in [-0.05, 0) is 12.8 Å². The molecule has 0 aliphatic carbocycles. The topological polar surface area (TPSA) is 228 Å². The lowest BCUT2D eigenvalue weighted by Gasteiger charge is -2.46. The van der Waals surface area contributed by atoms with Crippen molar-refractivity contribution in [3.8, 4) is 0 Å². The Bertz CT molecular complexity index is 1180. The zero-order valence-corrected chi connectivity index (χ0v) is 44.5. The van der Waals surface area contributed by atoms with E-state index in [1.54, 1.807) is 0 Å². The molecule has 2 aliphatic rings. The van der Waals surface area contributed by atoms with Crippen LogP contribution in [-0.4, -0.2) is 140 Å². The molecule has 2 aliphatic heterocycles. The highest BCUT2D eigenvalue weighted by atomic mass is 16.7. The van der Waals surface area contributed by atoms with Crippen molar-refractivity contribution < 1.29 is 64.6 Å². The molecular formula is C56H109NO13. The predicted molar refractivity (Wildman–Crippen MR) is 277 cm³/mol. The van der Waals surface area contributed by atoms with Crippen molar-refractivity contribution in [2.24, 2.45) is 0 Å². The van der Waals surface area contributed by atoms with Crippen molar-refractivity contribution >= 4 is 5.91 Å². The molecule has 1 amide bonds. The van der Waals surface area contributed by atoms with Gasteiger partial charge in [-0.2, -0.15) is 0 Å². The summed E-state index contributed by atoms with van der Waals surface area (Å²) in [6.07, 6.45) is 29.6. The number of nitrogens with one attached hydrogen (secondary N) is 1. The van der Waals surface area contributed by atoms with Gasteiger partial charge in [0, 0.05) is 6.42 Å². The minimum Gasteiger partial charge on any atom is -0.394 e. The minimum atomic E-state index is -1.78. The maximum absolute atomic E-state index is 13.3. The van der Waals surface area contributed by atoms with Gasteiger partial charge in [0.1, 0.15) is 48.8 Å². The van der Waals surface area contributed by atoms with E-state index in [0.717, 1.165) is 51.4 Å². The first-order valence-corrected chi connectivity index (χ1v) is 29.3. The molecule has 2 fully saturated rings. The average molecular weight is 1000 g/mol. The lowest BCUT2D eigenvalue weighted by Crippen LogP contribution is -2.65. The number of carbonyl (C=O) groups excluding carboxylic acids is 1. The molecule has 0 spiro atoms. The molecular weight excluding hydrogens is 895 g/mol. The van der Waals surface area contributed by atoms with Crippen LogP contribution in [0.5, 0.6) is 0 Å². The summed E-state index contributed by atoms with van der Waals surface area (Å²) < 4.78 is 22.8. The zero-order chi connectivity index (χ0) is 51.0. The number of ether oxygens (including phenoxy) is 4. The Morgan fingerprint density at radius 2 is 0.814 bits per heavy atom. The third kappa shape index (κ3) is 29.2. The van der Waals surface area contributed by atoms with Crippen LogP contribution in [0.15, 0.2) is 0 Å². The lowest BCUT2D eigenvalue weighted by atomic mass is 9.97. The maximum Gasteiger partial charge on any atom is 0.220 e. The van der Waals surface area contributed by atoms with Gasteiger partial charge in [0.15, 0.2) is 12.6 Å². The molecule has 0 saturated carbocycles. The smallest absolute Gasteiger partial charge is 0.220 e. The van der Waals surface area contributed by atoms with E-state index in [1.165, 1.54) is 180 Å². The monoisotopic (exact) mass is 1000 g/mol. The van der Waals surface area contributed by atoms with Crippen LogP contribution in [0.4, 0.5) is 0 Å². The van der Waals surface area contributed by atoms with Gasteiger partial charge in [0.05, 0.1) is 32.0 Å². The highest BCUT2D eigenvalue weighted by Crippen LogP contribution is 2.30. The Balaban J connectivity index is 1.75. The second kappa shape index (κ2) is 43.3. The Kier molecular flexibility index (Phi) is 40.2. The van der Waals surface area contributed by atoms with E-state index < -0.39 is 86.8 Å². The molecule has 0 aromatic rings. The van der Waals surface area contributed by atoms with Crippen molar-refractivity contribution in [3.63, 3.8) is 0 Å². The summed E-state index contributed by atoms with van der Waals surface area (Å²) in [6, 6.07) is -0.822. The summed E-state index contributed by atoms with van der Waals surface area (Å²) in [4.78, 5) is 13.3. The Hall–Kier alpha value is -1.01. The van der Waals surface area contributed by atoms with Crippen LogP contribution >= 0.6 is 0 Å². The number of hydrogen-bond donors (Lipinski definition) is 9. The van der Waals surface area contributed by atoms with Crippen molar-refractivity contribution in [1.82, 2.24) is 5.32 Å². The van der Waals surface area contributed by atoms with E-state index in [2.05, 4.69) is 19.2 Å². The second-order valence-electron chi connectivity index (χ2n) is 21.1. The first-order valence-electron chi connectivity index (χ1n) is 29.3. The highest BCUT2D eigenvalue weighted by molar-refractivity contribution is 5.76. The summed E-state index contributed by atoms with van der Waals surface area (Å²) >= 11 is 0. The van der Waals surface area contributed by atoms with Crippen LogP contribution in [0.2, 0.25) is 0 Å². The number of unbranched alkanes of at least 4 members (excludes halogenated alkanes) is 34. The van der Waals surface area contributed by atoms with Crippen LogP contribution in [0.1, 0.15) is 258 Å². The molecule has 4 unspecified atom stereocenters.